The number of benzene rings is 1. The van der Waals surface area contributed by atoms with Gasteiger partial charge in [-0.25, -0.2) is 8.78 Å². The first-order valence-electron chi connectivity index (χ1n) is 5.51. The van der Waals surface area contributed by atoms with Crippen LogP contribution < -0.4 is 5.32 Å². The predicted molar refractivity (Wildman–Crippen MR) is 60.7 cm³/mol. The fraction of sp³-hybridized carbons (Fsp3) is 0.500. The summed E-state index contributed by atoms with van der Waals surface area (Å²) in [6.07, 6.45) is 2.70. The molecule has 2 rings (SSSR count). The molecule has 1 N–H and O–H groups in total. The van der Waals surface area contributed by atoms with Gasteiger partial charge in [0.05, 0.1) is 0 Å². The van der Waals surface area contributed by atoms with E-state index in [1.165, 1.54) is 6.07 Å². The Morgan fingerprint density at radius 1 is 1.38 bits per heavy atom. The molecule has 0 bridgehead atoms. The van der Waals surface area contributed by atoms with Crippen molar-refractivity contribution in [3.05, 3.63) is 34.4 Å². The van der Waals surface area contributed by atoms with Crippen molar-refractivity contribution >= 4 is 11.6 Å². The molecule has 88 valence electrons. The van der Waals surface area contributed by atoms with E-state index < -0.39 is 11.6 Å². The summed E-state index contributed by atoms with van der Waals surface area (Å²) in [6, 6.07) is 2.54. The average molecular weight is 246 g/mol. The summed E-state index contributed by atoms with van der Waals surface area (Å²) < 4.78 is 26.6. The lowest BCUT2D eigenvalue weighted by Crippen LogP contribution is -2.31. The Hall–Kier alpha value is -0.670. The van der Waals surface area contributed by atoms with Gasteiger partial charge < -0.3 is 5.32 Å². The van der Waals surface area contributed by atoms with Gasteiger partial charge in [0.2, 0.25) is 0 Å². The minimum Gasteiger partial charge on any atom is -0.316 e. The van der Waals surface area contributed by atoms with E-state index >= 15 is 0 Å². The van der Waals surface area contributed by atoms with Gasteiger partial charge in [0.25, 0.3) is 0 Å². The van der Waals surface area contributed by atoms with E-state index in [0.29, 0.717) is 17.9 Å². The second-order valence-corrected chi connectivity index (χ2v) is 4.71. The number of hydrogen-bond donors (Lipinski definition) is 1. The zero-order valence-electron chi connectivity index (χ0n) is 8.90. The molecule has 1 unspecified atom stereocenters. The molecule has 0 saturated carbocycles. The van der Waals surface area contributed by atoms with Crippen LogP contribution in [-0.2, 0) is 6.42 Å². The predicted octanol–water partition coefficient (Wildman–Crippen LogP) is 3.16. The number of hydrogen-bond acceptors (Lipinski definition) is 1. The Morgan fingerprint density at radius 3 is 2.88 bits per heavy atom. The van der Waals surface area contributed by atoms with Crippen LogP contribution in [0.1, 0.15) is 18.4 Å². The second-order valence-electron chi connectivity index (χ2n) is 4.28. The highest BCUT2D eigenvalue weighted by Crippen LogP contribution is 2.23. The number of halogens is 3. The van der Waals surface area contributed by atoms with E-state index in [0.717, 1.165) is 32.0 Å². The summed E-state index contributed by atoms with van der Waals surface area (Å²) in [4.78, 5) is 0. The molecule has 4 heteroatoms. The van der Waals surface area contributed by atoms with Crippen molar-refractivity contribution in [2.45, 2.75) is 19.3 Å². The minimum atomic E-state index is -0.855. The molecule has 1 aromatic rings. The molecular weight excluding hydrogens is 232 g/mol. The molecule has 16 heavy (non-hydrogen) atoms. The molecule has 1 aliphatic heterocycles. The van der Waals surface area contributed by atoms with Crippen molar-refractivity contribution in [1.82, 2.24) is 5.32 Å². The van der Waals surface area contributed by atoms with Crippen LogP contribution >= 0.6 is 11.6 Å². The Balaban J connectivity index is 2.13. The van der Waals surface area contributed by atoms with E-state index in [1.807, 2.05) is 0 Å². The van der Waals surface area contributed by atoms with Crippen molar-refractivity contribution in [2.75, 3.05) is 13.1 Å². The van der Waals surface area contributed by atoms with E-state index in [2.05, 4.69) is 5.32 Å². The lowest BCUT2D eigenvalue weighted by atomic mass is 9.92. The van der Waals surface area contributed by atoms with E-state index in [1.54, 1.807) is 0 Å². The monoisotopic (exact) mass is 245 g/mol. The Labute approximate surface area is 98.8 Å². The molecule has 1 atom stereocenters. The van der Waals surface area contributed by atoms with Crippen molar-refractivity contribution in [3.63, 3.8) is 0 Å². The van der Waals surface area contributed by atoms with Gasteiger partial charge in [-0.2, -0.15) is 0 Å². The van der Waals surface area contributed by atoms with Gasteiger partial charge in [0.15, 0.2) is 11.6 Å². The van der Waals surface area contributed by atoms with Gasteiger partial charge in [-0.1, -0.05) is 11.6 Å². The fourth-order valence-electron chi connectivity index (χ4n) is 2.17. The molecule has 1 saturated heterocycles. The standard InChI is InChI=1S/C12H14ClF2N/c13-10-5-9(12(15)11(14)6-10)4-8-2-1-3-16-7-8/h5-6,8,16H,1-4,7H2. The van der Waals surface area contributed by atoms with Gasteiger partial charge in [0, 0.05) is 5.02 Å². The molecular formula is C12H14ClF2N. The van der Waals surface area contributed by atoms with Crippen molar-refractivity contribution in [3.8, 4) is 0 Å². The van der Waals surface area contributed by atoms with Crippen LogP contribution in [0.15, 0.2) is 12.1 Å². The molecule has 0 aliphatic carbocycles. The molecule has 1 fully saturated rings. The number of nitrogens with one attached hydrogen (secondary N) is 1. The summed E-state index contributed by atoms with van der Waals surface area (Å²) in [5, 5.41) is 3.52. The normalized spacial score (nSPS) is 21.1. The highest BCUT2D eigenvalue weighted by atomic mass is 35.5. The SMILES string of the molecule is Fc1cc(Cl)cc(CC2CCCNC2)c1F. The van der Waals surface area contributed by atoms with Gasteiger partial charge >= 0.3 is 0 Å². The maximum atomic E-state index is 13.5. The third-order valence-corrected chi connectivity index (χ3v) is 3.19. The topological polar surface area (TPSA) is 12.0 Å². The van der Waals surface area contributed by atoms with E-state index in [9.17, 15) is 8.78 Å². The van der Waals surface area contributed by atoms with Crippen molar-refractivity contribution in [2.24, 2.45) is 5.92 Å². The van der Waals surface area contributed by atoms with Crippen LogP contribution in [0.25, 0.3) is 0 Å². The van der Waals surface area contributed by atoms with Crippen molar-refractivity contribution < 1.29 is 8.78 Å². The molecule has 1 nitrogen and oxygen atoms in total. The molecule has 0 amide bonds. The molecule has 1 heterocycles. The van der Waals surface area contributed by atoms with Gasteiger partial charge in [-0.3, -0.25) is 0 Å². The van der Waals surface area contributed by atoms with Crippen LogP contribution in [0.4, 0.5) is 8.78 Å². The summed E-state index contributed by atoms with van der Waals surface area (Å²) in [5.74, 6) is -1.23. The second kappa shape index (κ2) is 5.11. The molecule has 0 aromatic heterocycles. The third-order valence-electron chi connectivity index (χ3n) is 2.98. The maximum absolute atomic E-state index is 13.5. The smallest absolute Gasteiger partial charge is 0.162 e. The van der Waals surface area contributed by atoms with Crippen LogP contribution in [0.3, 0.4) is 0 Å². The summed E-state index contributed by atoms with van der Waals surface area (Å²) in [6.45, 7) is 1.89. The Bertz CT molecular complexity index is 376. The third kappa shape index (κ3) is 2.71. The fourth-order valence-corrected chi connectivity index (χ4v) is 2.39. The van der Waals surface area contributed by atoms with Crippen LogP contribution in [0.5, 0.6) is 0 Å². The van der Waals surface area contributed by atoms with E-state index in [-0.39, 0.29) is 5.02 Å². The van der Waals surface area contributed by atoms with Gasteiger partial charge in [-0.15, -0.1) is 0 Å². The average Bonchev–Trinajstić information content (AvgIpc) is 2.27. The van der Waals surface area contributed by atoms with Gasteiger partial charge in [-0.05, 0) is 56.0 Å². The lowest BCUT2D eigenvalue weighted by Gasteiger charge is -2.22. The first-order valence-corrected chi connectivity index (χ1v) is 5.89. The lowest BCUT2D eigenvalue weighted by molar-refractivity contribution is 0.369. The van der Waals surface area contributed by atoms with E-state index in [4.69, 9.17) is 11.6 Å². The quantitative estimate of drug-likeness (QED) is 0.790. The summed E-state index contributed by atoms with van der Waals surface area (Å²) in [5.41, 5.74) is 0.388. The Morgan fingerprint density at radius 2 is 2.19 bits per heavy atom. The first kappa shape index (κ1) is 11.8. The number of piperidine rings is 1. The van der Waals surface area contributed by atoms with Crippen molar-refractivity contribution in [1.29, 1.82) is 0 Å². The highest BCUT2D eigenvalue weighted by Gasteiger charge is 2.17. The van der Waals surface area contributed by atoms with Crippen LogP contribution in [0.2, 0.25) is 5.02 Å². The zero-order valence-corrected chi connectivity index (χ0v) is 9.66. The molecule has 0 radical (unpaired) electrons. The molecule has 1 aliphatic rings. The summed E-state index contributed by atoms with van der Waals surface area (Å²) >= 11 is 5.72. The maximum Gasteiger partial charge on any atom is 0.162 e. The van der Waals surface area contributed by atoms with Gasteiger partial charge in [0.1, 0.15) is 0 Å². The highest BCUT2D eigenvalue weighted by molar-refractivity contribution is 6.30. The number of rotatable bonds is 2. The first-order chi connectivity index (χ1) is 7.66. The minimum absolute atomic E-state index is 0.262. The zero-order chi connectivity index (χ0) is 11.5. The van der Waals surface area contributed by atoms with Crippen LogP contribution in [-0.4, -0.2) is 13.1 Å². The molecule has 0 spiro atoms. The molecule has 1 aromatic carbocycles. The van der Waals surface area contributed by atoms with Crippen LogP contribution in [0, 0.1) is 17.6 Å². The summed E-state index contributed by atoms with van der Waals surface area (Å²) in [7, 11) is 0. The largest absolute Gasteiger partial charge is 0.316 e. The Kier molecular flexibility index (Phi) is 3.77.